The summed E-state index contributed by atoms with van der Waals surface area (Å²) < 4.78 is 33.4. The molecule has 27 heavy (non-hydrogen) atoms. The van der Waals surface area contributed by atoms with Crippen LogP contribution >= 0.6 is 27.3 Å². The highest BCUT2D eigenvalue weighted by atomic mass is 79.9. The minimum atomic E-state index is -3.51. The molecule has 0 spiro atoms. The van der Waals surface area contributed by atoms with Crippen molar-refractivity contribution in [3.05, 3.63) is 63.6 Å². The molecule has 0 aliphatic rings. The molecule has 0 fully saturated rings. The summed E-state index contributed by atoms with van der Waals surface area (Å²) in [6.07, 6.45) is 0.593. The standard InChI is InChI=1S/C19H19BrN2O3S2/c1-13-18(26-19(22-13)14-3-7-16(25-2)8-4-14)11-12-21-27(23,24)17-9-5-15(20)6-10-17/h3-10,21H,11-12H2,1-2H3. The van der Waals surface area contributed by atoms with Crippen LogP contribution in [0.1, 0.15) is 10.6 Å². The van der Waals surface area contributed by atoms with Gasteiger partial charge in [-0.25, -0.2) is 18.1 Å². The number of sulfonamides is 1. The van der Waals surface area contributed by atoms with Gasteiger partial charge in [0.05, 0.1) is 17.7 Å². The summed E-state index contributed by atoms with van der Waals surface area (Å²) >= 11 is 4.89. The number of thiazole rings is 1. The van der Waals surface area contributed by atoms with Crippen LogP contribution in [0.5, 0.6) is 5.75 Å². The van der Waals surface area contributed by atoms with E-state index >= 15 is 0 Å². The molecule has 0 aliphatic carbocycles. The van der Waals surface area contributed by atoms with Crippen molar-refractivity contribution < 1.29 is 13.2 Å². The monoisotopic (exact) mass is 466 g/mol. The Bertz CT molecular complexity index is 1010. The topological polar surface area (TPSA) is 68.3 Å². The Morgan fingerprint density at radius 1 is 1.11 bits per heavy atom. The molecular formula is C19H19BrN2O3S2. The third-order valence-electron chi connectivity index (χ3n) is 4.00. The van der Waals surface area contributed by atoms with Crippen LogP contribution < -0.4 is 9.46 Å². The Balaban J connectivity index is 1.66. The Morgan fingerprint density at radius 3 is 2.41 bits per heavy atom. The van der Waals surface area contributed by atoms with E-state index < -0.39 is 10.0 Å². The van der Waals surface area contributed by atoms with Crippen LogP contribution in [-0.2, 0) is 16.4 Å². The van der Waals surface area contributed by atoms with Gasteiger partial charge in [-0.1, -0.05) is 15.9 Å². The quantitative estimate of drug-likeness (QED) is 0.559. The normalized spacial score (nSPS) is 11.5. The number of nitrogens with zero attached hydrogens (tertiary/aromatic N) is 1. The number of benzene rings is 2. The first-order chi connectivity index (χ1) is 12.9. The van der Waals surface area contributed by atoms with Gasteiger partial charge in [0.15, 0.2) is 0 Å². The van der Waals surface area contributed by atoms with E-state index in [1.54, 1.807) is 42.7 Å². The number of rotatable bonds is 7. The van der Waals surface area contributed by atoms with Crippen LogP contribution in [0.3, 0.4) is 0 Å². The van der Waals surface area contributed by atoms with Gasteiger partial charge in [0.25, 0.3) is 0 Å². The number of aromatic nitrogens is 1. The van der Waals surface area contributed by atoms with Crippen molar-refractivity contribution in [3.8, 4) is 16.3 Å². The highest BCUT2D eigenvalue weighted by molar-refractivity contribution is 9.10. The van der Waals surface area contributed by atoms with Crippen molar-refractivity contribution in [1.82, 2.24) is 9.71 Å². The van der Waals surface area contributed by atoms with E-state index in [9.17, 15) is 8.42 Å². The molecule has 1 N–H and O–H groups in total. The molecule has 1 heterocycles. The van der Waals surface area contributed by atoms with Gasteiger partial charge in [-0.2, -0.15) is 0 Å². The van der Waals surface area contributed by atoms with Crippen molar-refractivity contribution in [1.29, 1.82) is 0 Å². The fraction of sp³-hybridized carbons (Fsp3) is 0.211. The molecule has 0 saturated carbocycles. The molecule has 0 saturated heterocycles. The molecule has 8 heteroatoms. The largest absolute Gasteiger partial charge is 0.497 e. The molecule has 0 amide bonds. The zero-order chi connectivity index (χ0) is 19.4. The summed E-state index contributed by atoms with van der Waals surface area (Å²) in [5, 5.41) is 0.918. The zero-order valence-corrected chi connectivity index (χ0v) is 18.1. The smallest absolute Gasteiger partial charge is 0.240 e. The van der Waals surface area contributed by atoms with Gasteiger partial charge < -0.3 is 4.74 Å². The Kier molecular flexibility index (Phi) is 6.31. The van der Waals surface area contributed by atoms with Crippen molar-refractivity contribution in [3.63, 3.8) is 0 Å². The fourth-order valence-corrected chi connectivity index (χ4v) is 4.88. The first-order valence-electron chi connectivity index (χ1n) is 8.25. The molecule has 3 aromatic rings. The minimum Gasteiger partial charge on any atom is -0.497 e. The van der Waals surface area contributed by atoms with E-state index in [1.807, 2.05) is 31.2 Å². The number of hydrogen-bond acceptors (Lipinski definition) is 5. The molecule has 0 radical (unpaired) electrons. The van der Waals surface area contributed by atoms with E-state index in [-0.39, 0.29) is 4.90 Å². The molecule has 0 aliphatic heterocycles. The molecule has 2 aromatic carbocycles. The summed E-state index contributed by atoms with van der Waals surface area (Å²) in [6.45, 7) is 2.27. The van der Waals surface area contributed by atoms with E-state index in [1.165, 1.54) is 0 Å². The molecule has 3 rings (SSSR count). The number of methoxy groups -OCH3 is 1. The second-order valence-electron chi connectivity index (χ2n) is 5.86. The number of aryl methyl sites for hydroxylation is 1. The van der Waals surface area contributed by atoms with Crippen molar-refractivity contribution in [2.45, 2.75) is 18.2 Å². The average Bonchev–Trinajstić information content (AvgIpc) is 3.03. The van der Waals surface area contributed by atoms with Crippen LogP contribution in [0.15, 0.2) is 57.9 Å². The van der Waals surface area contributed by atoms with Crippen LogP contribution in [0.4, 0.5) is 0 Å². The van der Waals surface area contributed by atoms with E-state index in [4.69, 9.17) is 4.74 Å². The summed E-state index contributed by atoms with van der Waals surface area (Å²) in [6, 6.07) is 14.3. The van der Waals surface area contributed by atoms with Crippen molar-refractivity contribution >= 4 is 37.3 Å². The van der Waals surface area contributed by atoms with Gasteiger partial charge in [-0.15, -0.1) is 11.3 Å². The average molecular weight is 467 g/mol. The highest BCUT2D eigenvalue weighted by Crippen LogP contribution is 2.29. The summed E-state index contributed by atoms with van der Waals surface area (Å²) in [4.78, 5) is 5.94. The lowest BCUT2D eigenvalue weighted by atomic mass is 10.2. The summed E-state index contributed by atoms with van der Waals surface area (Å²) in [5.41, 5.74) is 1.94. The van der Waals surface area contributed by atoms with Gasteiger partial charge in [-0.05, 0) is 61.9 Å². The van der Waals surface area contributed by atoms with Crippen molar-refractivity contribution in [2.75, 3.05) is 13.7 Å². The number of ether oxygens (including phenoxy) is 1. The minimum absolute atomic E-state index is 0.255. The van der Waals surface area contributed by atoms with Gasteiger partial charge in [0.1, 0.15) is 10.8 Å². The summed E-state index contributed by atoms with van der Waals surface area (Å²) in [5.74, 6) is 0.801. The third kappa shape index (κ3) is 4.95. The molecule has 0 bridgehead atoms. The van der Waals surface area contributed by atoms with Gasteiger partial charge in [0.2, 0.25) is 10.0 Å². The lowest BCUT2D eigenvalue weighted by molar-refractivity contribution is 0.415. The van der Waals surface area contributed by atoms with Crippen molar-refractivity contribution in [2.24, 2.45) is 0 Å². The number of halogens is 1. The molecule has 0 unspecified atom stereocenters. The first kappa shape index (κ1) is 20.0. The maximum Gasteiger partial charge on any atom is 0.240 e. The highest BCUT2D eigenvalue weighted by Gasteiger charge is 2.15. The fourth-order valence-electron chi connectivity index (χ4n) is 2.51. The molecule has 5 nitrogen and oxygen atoms in total. The predicted octanol–water partition coefficient (Wildman–Crippen LogP) is 4.41. The molecule has 142 valence electrons. The van der Waals surface area contributed by atoms with E-state index in [0.717, 1.165) is 31.4 Å². The van der Waals surface area contributed by atoms with Gasteiger partial charge in [0, 0.05) is 21.5 Å². The third-order valence-corrected chi connectivity index (χ3v) is 7.27. The van der Waals surface area contributed by atoms with E-state index in [2.05, 4.69) is 25.6 Å². The SMILES string of the molecule is COc1ccc(-c2nc(C)c(CCNS(=O)(=O)c3ccc(Br)cc3)s2)cc1. The van der Waals surface area contributed by atoms with Gasteiger partial charge >= 0.3 is 0 Å². The molecule has 1 aromatic heterocycles. The van der Waals surface area contributed by atoms with Crippen LogP contribution in [-0.4, -0.2) is 27.1 Å². The number of hydrogen-bond donors (Lipinski definition) is 1. The Morgan fingerprint density at radius 2 is 1.78 bits per heavy atom. The first-order valence-corrected chi connectivity index (χ1v) is 11.3. The molecule has 0 atom stereocenters. The van der Waals surface area contributed by atoms with Gasteiger partial charge in [-0.3, -0.25) is 0 Å². The van der Waals surface area contributed by atoms with E-state index in [0.29, 0.717) is 13.0 Å². The lowest BCUT2D eigenvalue weighted by Crippen LogP contribution is -2.25. The Hall–Kier alpha value is -1.74. The lowest BCUT2D eigenvalue weighted by Gasteiger charge is -2.06. The predicted molar refractivity (Wildman–Crippen MR) is 112 cm³/mol. The second-order valence-corrected chi connectivity index (χ2v) is 9.62. The zero-order valence-electron chi connectivity index (χ0n) is 14.9. The molecular weight excluding hydrogens is 448 g/mol. The van der Waals surface area contributed by atoms with Crippen LogP contribution in [0.25, 0.3) is 10.6 Å². The van der Waals surface area contributed by atoms with Crippen LogP contribution in [0, 0.1) is 6.92 Å². The number of nitrogens with one attached hydrogen (secondary N) is 1. The Labute approximate surface area is 171 Å². The van der Waals surface area contributed by atoms with Crippen LogP contribution in [0.2, 0.25) is 0 Å². The second kappa shape index (κ2) is 8.52. The maximum absolute atomic E-state index is 12.4. The maximum atomic E-state index is 12.4. The summed E-state index contributed by atoms with van der Waals surface area (Å²) in [7, 11) is -1.88.